The average molecular weight is 560 g/mol. The van der Waals surface area contributed by atoms with Crippen molar-refractivity contribution in [2.24, 2.45) is 5.92 Å². The number of ether oxygens (including phenoxy) is 1. The molecule has 2 aromatic carbocycles. The van der Waals surface area contributed by atoms with E-state index in [4.69, 9.17) is 4.74 Å². The summed E-state index contributed by atoms with van der Waals surface area (Å²) in [5.41, 5.74) is 1.73. The first-order valence-electron chi connectivity index (χ1n) is 11.1. The van der Waals surface area contributed by atoms with Crippen molar-refractivity contribution in [3.8, 4) is 10.6 Å². The standard InChI is InChI=1S/C24H26BrN5O4S/c1-4-14(3)19(27-23(33)26-18-11-9-15(10-12-18)22(32)34-5-2)20(31)28-24-30-29-21(35-24)16-7-6-8-17(25)13-16/h6-14,19H,4-5H2,1-3H3,(H2,26,27,33)(H,28,30,31). The SMILES string of the molecule is CCOC(=O)c1ccc(NC(=O)NC(C(=O)Nc2nnc(-c3cccc(Br)c3)s2)C(C)CC)cc1. The predicted molar refractivity (Wildman–Crippen MR) is 139 cm³/mol. The number of benzene rings is 2. The lowest BCUT2D eigenvalue weighted by Gasteiger charge is -2.23. The van der Waals surface area contributed by atoms with Crippen molar-refractivity contribution in [2.75, 3.05) is 17.2 Å². The van der Waals surface area contributed by atoms with Gasteiger partial charge in [0.05, 0.1) is 12.2 Å². The van der Waals surface area contributed by atoms with Crippen molar-refractivity contribution in [1.82, 2.24) is 15.5 Å². The highest BCUT2D eigenvalue weighted by Crippen LogP contribution is 2.28. The summed E-state index contributed by atoms with van der Waals surface area (Å²) < 4.78 is 5.87. The Bertz CT molecular complexity index is 1180. The van der Waals surface area contributed by atoms with Crippen molar-refractivity contribution in [3.63, 3.8) is 0 Å². The Morgan fingerprint density at radius 1 is 1.06 bits per heavy atom. The number of halogens is 1. The number of hydrogen-bond acceptors (Lipinski definition) is 7. The second-order valence-electron chi connectivity index (χ2n) is 7.67. The first kappa shape index (κ1) is 26.3. The van der Waals surface area contributed by atoms with Crippen LogP contribution in [0.3, 0.4) is 0 Å². The molecule has 0 fully saturated rings. The van der Waals surface area contributed by atoms with E-state index in [2.05, 4.69) is 42.1 Å². The molecule has 0 radical (unpaired) electrons. The van der Waals surface area contributed by atoms with E-state index in [0.29, 0.717) is 27.8 Å². The molecule has 2 atom stereocenters. The lowest BCUT2D eigenvalue weighted by Crippen LogP contribution is -2.49. The molecule has 2 unspecified atom stereocenters. The fraction of sp³-hybridized carbons (Fsp3) is 0.292. The van der Waals surface area contributed by atoms with Crippen molar-refractivity contribution < 1.29 is 19.1 Å². The minimum Gasteiger partial charge on any atom is -0.462 e. The third-order valence-electron chi connectivity index (χ3n) is 5.16. The molecule has 11 heteroatoms. The second-order valence-corrected chi connectivity index (χ2v) is 9.56. The Kier molecular flexibility index (Phi) is 9.32. The topological polar surface area (TPSA) is 122 Å². The number of hydrogen-bond donors (Lipinski definition) is 3. The molecule has 0 spiro atoms. The van der Waals surface area contributed by atoms with Gasteiger partial charge in [-0.25, -0.2) is 9.59 Å². The molecular formula is C24H26BrN5O4S. The zero-order valence-electron chi connectivity index (χ0n) is 19.5. The summed E-state index contributed by atoms with van der Waals surface area (Å²) in [5.74, 6) is -0.953. The van der Waals surface area contributed by atoms with E-state index in [0.717, 1.165) is 10.0 Å². The molecule has 0 aliphatic rings. The Balaban J connectivity index is 1.64. The summed E-state index contributed by atoms with van der Waals surface area (Å²) in [6.07, 6.45) is 0.673. The zero-order chi connectivity index (χ0) is 25.4. The van der Waals surface area contributed by atoms with Crippen LogP contribution in [0, 0.1) is 5.92 Å². The highest BCUT2D eigenvalue weighted by Gasteiger charge is 2.27. The van der Waals surface area contributed by atoms with E-state index in [-0.39, 0.29) is 18.4 Å². The van der Waals surface area contributed by atoms with E-state index in [1.54, 1.807) is 31.2 Å². The van der Waals surface area contributed by atoms with E-state index >= 15 is 0 Å². The summed E-state index contributed by atoms with van der Waals surface area (Å²) in [5, 5.41) is 17.4. The number of aromatic nitrogens is 2. The molecule has 0 aliphatic heterocycles. The van der Waals surface area contributed by atoms with Gasteiger partial charge in [-0.2, -0.15) is 0 Å². The number of esters is 1. The molecule has 3 amide bonds. The number of carbonyl (C=O) groups excluding carboxylic acids is 3. The molecule has 3 rings (SSSR count). The van der Waals surface area contributed by atoms with Crippen LogP contribution in [0.4, 0.5) is 15.6 Å². The van der Waals surface area contributed by atoms with Crippen LogP contribution in [0.2, 0.25) is 0 Å². The van der Waals surface area contributed by atoms with Gasteiger partial charge in [-0.15, -0.1) is 10.2 Å². The van der Waals surface area contributed by atoms with Gasteiger partial charge >= 0.3 is 12.0 Å². The Hall–Kier alpha value is -3.31. The lowest BCUT2D eigenvalue weighted by atomic mass is 9.98. The molecule has 0 bridgehead atoms. The van der Waals surface area contributed by atoms with Crippen molar-refractivity contribution >= 4 is 56.0 Å². The maximum Gasteiger partial charge on any atom is 0.338 e. The van der Waals surface area contributed by atoms with Crippen LogP contribution in [0.5, 0.6) is 0 Å². The summed E-state index contributed by atoms with van der Waals surface area (Å²) >= 11 is 4.68. The van der Waals surface area contributed by atoms with Crippen LogP contribution in [-0.2, 0) is 9.53 Å². The quantitative estimate of drug-likeness (QED) is 0.305. The van der Waals surface area contributed by atoms with Gasteiger partial charge in [-0.3, -0.25) is 10.1 Å². The number of amides is 3. The van der Waals surface area contributed by atoms with Crippen molar-refractivity contribution in [2.45, 2.75) is 33.2 Å². The second kappa shape index (κ2) is 12.4. The number of nitrogens with zero attached hydrogens (tertiary/aromatic N) is 2. The fourth-order valence-electron chi connectivity index (χ4n) is 3.11. The van der Waals surface area contributed by atoms with Crippen LogP contribution in [0.1, 0.15) is 37.6 Å². The minimum atomic E-state index is -0.794. The largest absolute Gasteiger partial charge is 0.462 e. The fourth-order valence-corrected chi connectivity index (χ4v) is 4.25. The summed E-state index contributed by atoms with van der Waals surface area (Å²) in [6, 6.07) is 12.6. The molecule has 0 saturated carbocycles. The van der Waals surface area contributed by atoms with Gasteiger partial charge in [0.25, 0.3) is 0 Å². The van der Waals surface area contributed by atoms with Gasteiger partial charge in [-0.1, -0.05) is 59.7 Å². The summed E-state index contributed by atoms with van der Waals surface area (Å²) in [4.78, 5) is 37.4. The molecule has 1 aromatic heterocycles. The molecule has 0 aliphatic carbocycles. The van der Waals surface area contributed by atoms with Crippen LogP contribution < -0.4 is 16.0 Å². The van der Waals surface area contributed by atoms with Gasteiger partial charge in [-0.05, 0) is 49.2 Å². The number of nitrogens with one attached hydrogen (secondary N) is 3. The molecule has 184 valence electrons. The minimum absolute atomic E-state index is 0.135. The number of rotatable bonds is 9. The van der Waals surface area contributed by atoms with E-state index < -0.39 is 18.0 Å². The number of anilines is 2. The Morgan fingerprint density at radius 2 is 1.80 bits per heavy atom. The van der Waals surface area contributed by atoms with Crippen molar-refractivity contribution in [3.05, 3.63) is 58.6 Å². The van der Waals surface area contributed by atoms with Crippen LogP contribution in [-0.4, -0.2) is 40.8 Å². The molecule has 1 heterocycles. The highest BCUT2D eigenvalue weighted by molar-refractivity contribution is 9.10. The summed E-state index contributed by atoms with van der Waals surface area (Å²) in [6.45, 7) is 5.83. The maximum absolute atomic E-state index is 13.0. The third-order valence-corrected chi connectivity index (χ3v) is 6.54. The average Bonchev–Trinajstić information content (AvgIpc) is 3.31. The monoisotopic (exact) mass is 559 g/mol. The molecule has 3 N–H and O–H groups in total. The van der Waals surface area contributed by atoms with E-state index in [9.17, 15) is 14.4 Å². The smallest absolute Gasteiger partial charge is 0.338 e. The number of urea groups is 1. The molecule has 0 saturated heterocycles. The number of carbonyl (C=O) groups is 3. The van der Waals surface area contributed by atoms with Crippen molar-refractivity contribution in [1.29, 1.82) is 0 Å². The first-order chi connectivity index (χ1) is 16.8. The summed E-state index contributed by atoms with van der Waals surface area (Å²) in [7, 11) is 0. The normalized spacial score (nSPS) is 12.3. The molecular weight excluding hydrogens is 534 g/mol. The van der Waals surface area contributed by atoms with Gasteiger partial charge in [0.15, 0.2) is 0 Å². The van der Waals surface area contributed by atoms with Crippen LogP contribution in [0.15, 0.2) is 53.0 Å². The lowest BCUT2D eigenvalue weighted by molar-refractivity contribution is -0.119. The zero-order valence-corrected chi connectivity index (χ0v) is 21.9. The third kappa shape index (κ3) is 7.33. The highest BCUT2D eigenvalue weighted by atomic mass is 79.9. The maximum atomic E-state index is 13.0. The molecule has 9 nitrogen and oxygen atoms in total. The first-order valence-corrected chi connectivity index (χ1v) is 12.7. The van der Waals surface area contributed by atoms with Crippen LogP contribution in [0.25, 0.3) is 10.6 Å². The molecule has 35 heavy (non-hydrogen) atoms. The van der Waals surface area contributed by atoms with E-state index in [1.165, 1.54) is 11.3 Å². The Labute approximate surface area is 215 Å². The van der Waals surface area contributed by atoms with Crippen LogP contribution >= 0.6 is 27.3 Å². The van der Waals surface area contributed by atoms with E-state index in [1.807, 2.05) is 38.1 Å². The van der Waals surface area contributed by atoms with Gasteiger partial charge in [0.2, 0.25) is 11.0 Å². The van der Waals surface area contributed by atoms with Gasteiger partial charge < -0.3 is 15.4 Å². The Morgan fingerprint density at radius 3 is 2.46 bits per heavy atom. The van der Waals surface area contributed by atoms with Gasteiger partial charge in [0.1, 0.15) is 11.0 Å². The molecule has 3 aromatic rings. The van der Waals surface area contributed by atoms with Gasteiger partial charge in [0, 0.05) is 15.7 Å². The predicted octanol–water partition coefficient (Wildman–Crippen LogP) is 5.32.